The van der Waals surface area contributed by atoms with E-state index in [1.165, 1.54) is 5.69 Å². The Bertz CT molecular complexity index is 379. The van der Waals surface area contributed by atoms with Crippen LogP contribution in [0.2, 0.25) is 0 Å². The summed E-state index contributed by atoms with van der Waals surface area (Å²) in [5.41, 5.74) is 2.06. The van der Waals surface area contributed by atoms with Crippen molar-refractivity contribution in [1.82, 2.24) is 19.9 Å². The summed E-state index contributed by atoms with van der Waals surface area (Å²) >= 11 is 0. The van der Waals surface area contributed by atoms with Crippen molar-refractivity contribution in [3.63, 3.8) is 0 Å². The van der Waals surface area contributed by atoms with Gasteiger partial charge in [-0.3, -0.25) is 4.40 Å². The van der Waals surface area contributed by atoms with Gasteiger partial charge in [0.05, 0.1) is 0 Å². The van der Waals surface area contributed by atoms with E-state index in [4.69, 9.17) is 0 Å². The summed E-state index contributed by atoms with van der Waals surface area (Å²) in [6.07, 6.45) is 1.72. The van der Waals surface area contributed by atoms with Gasteiger partial charge in [0.15, 0.2) is 5.65 Å². The Morgan fingerprint density at radius 2 is 2.42 bits per heavy atom. The minimum absolute atomic E-state index is 0.829. The van der Waals surface area contributed by atoms with Crippen molar-refractivity contribution in [3.05, 3.63) is 30.2 Å². The Balaban J connectivity index is 2.57. The van der Waals surface area contributed by atoms with E-state index < -0.39 is 0 Å². The third-order valence-corrected chi connectivity index (χ3v) is 1.78. The Kier molecular flexibility index (Phi) is 1.75. The molecule has 0 amide bonds. The van der Waals surface area contributed by atoms with Gasteiger partial charge in [-0.25, -0.2) is 0 Å². The molecule has 2 heterocycles. The second-order valence-electron chi connectivity index (χ2n) is 2.61. The first-order valence-electron chi connectivity index (χ1n) is 3.84. The molecular weight excluding hydrogens is 152 g/mol. The molecular formula is C8H10N4. The molecule has 0 aliphatic carbocycles. The van der Waals surface area contributed by atoms with E-state index in [0.717, 1.165) is 12.2 Å². The number of hydrogen-bond acceptors (Lipinski definition) is 3. The highest BCUT2D eigenvalue weighted by Gasteiger charge is 1.98. The van der Waals surface area contributed by atoms with Crippen LogP contribution in [-0.2, 0) is 6.54 Å². The summed E-state index contributed by atoms with van der Waals surface area (Å²) in [6.45, 7) is 0.829. The van der Waals surface area contributed by atoms with Crippen LogP contribution in [0.1, 0.15) is 5.69 Å². The zero-order valence-corrected chi connectivity index (χ0v) is 6.86. The van der Waals surface area contributed by atoms with E-state index in [1.54, 1.807) is 6.33 Å². The Labute approximate surface area is 70.2 Å². The van der Waals surface area contributed by atoms with E-state index in [-0.39, 0.29) is 0 Å². The van der Waals surface area contributed by atoms with Gasteiger partial charge < -0.3 is 5.32 Å². The van der Waals surface area contributed by atoms with Gasteiger partial charge in [-0.15, -0.1) is 10.2 Å². The Morgan fingerprint density at radius 1 is 1.50 bits per heavy atom. The smallest absolute Gasteiger partial charge is 0.160 e. The number of nitrogens with zero attached hydrogens (tertiary/aromatic N) is 3. The number of hydrogen-bond donors (Lipinski definition) is 1. The van der Waals surface area contributed by atoms with E-state index in [2.05, 4.69) is 15.5 Å². The van der Waals surface area contributed by atoms with Gasteiger partial charge in [0.2, 0.25) is 0 Å². The average Bonchev–Trinajstić information content (AvgIpc) is 2.53. The molecule has 0 unspecified atom stereocenters. The van der Waals surface area contributed by atoms with Crippen LogP contribution >= 0.6 is 0 Å². The topological polar surface area (TPSA) is 42.2 Å². The number of fused-ring (bicyclic) bond motifs is 1. The lowest BCUT2D eigenvalue weighted by molar-refractivity contribution is 0.776. The summed E-state index contributed by atoms with van der Waals surface area (Å²) in [7, 11) is 1.92. The molecule has 2 aromatic heterocycles. The Morgan fingerprint density at radius 3 is 3.25 bits per heavy atom. The summed E-state index contributed by atoms with van der Waals surface area (Å²) in [5.74, 6) is 0. The average molecular weight is 162 g/mol. The van der Waals surface area contributed by atoms with Gasteiger partial charge in [-0.05, 0) is 19.2 Å². The molecule has 0 saturated carbocycles. The summed E-state index contributed by atoms with van der Waals surface area (Å²) < 4.78 is 1.97. The van der Waals surface area contributed by atoms with Crippen LogP contribution in [-0.4, -0.2) is 21.6 Å². The summed E-state index contributed by atoms with van der Waals surface area (Å²) in [4.78, 5) is 0. The zero-order valence-electron chi connectivity index (χ0n) is 6.86. The maximum Gasteiger partial charge on any atom is 0.160 e. The summed E-state index contributed by atoms with van der Waals surface area (Å²) in [6, 6.07) is 5.97. The van der Waals surface area contributed by atoms with E-state index in [9.17, 15) is 0 Å². The molecule has 0 aliphatic rings. The molecule has 0 aliphatic heterocycles. The normalized spacial score (nSPS) is 10.8. The maximum atomic E-state index is 3.95. The van der Waals surface area contributed by atoms with Crippen LogP contribution < -0.4 is 5.32 Å². The first kappa shape index (κ1) is 7.24. The molecule has 0 aromatic carbocycles. The number of nitrogens with one attached hydrogen (secondary N) is 1. The quantitative estimate of drug-likeness (QED) is 0.697. The van der Waals surface area contributed by atoms with Crippen molar-refractivity contribution in [2.45, 2.75) is 6.54 Å². The van der Waals surface area contributed by atoms with Gasteiger partial charge in [0, 0.05) is 12.2 Å². The molecule has 0 bridgehead atoms. The van der Waals surface area contributed by atoms with E-state index in [0.29, 0.717) is 0 Å². The molecule has 0 fully saturated rings. The van der Waals surface area contributed by atoms with Crippen LogP contribution in [0.25, 0.3) is 5.65 Å². The highest BCUT2D eigenvalue weighted by molar-refractivity contribution is 5.37. The van der Waals surface area contributed by atoms with Crippen molar-refractivity contribution < 1.29 is 0 Å². The summed E-state index contributed by atoms with van der Waals surface area (Å²) in [5, 5.41) is 10.9. The second-order valence-corrected chi connectivity index (χ2v) is 2.61. The molecule has 1 N–H and O–H groups in total. The molecule has 12 heavy (non-hydrogen) atoms. The van der Waals surface area contributed by atoms with Crippen LogP contribution in [0.15, 0.2) is 24.5 Å². The van der Waals surface area contributed by atoms with Gasteiger partial charge in [0.1, 0.15) is 6.33 Å². The van der Waals surface area contributed by atoms with Crippen molar-refractivity contribution in [2.24, 2.45) is 0 Å². The zero-order chi connectivity index (χ0) is 8.39. The number of aromatic nitrogens is 3. The SMILES string of the molecule is CNCc1cccc2nncn12. The fraction of sp³-hybridized carbons (Fsp3) is 0.250. The minimum Gasteiger partial charge on any atom is -0.314 e. The lowest BCUT2D eigenvalue weighted by Gasteiger charge is -2.01. The van der Waals surface area contributed by atoms with Crippen LogP contribution in [0.5, 0.6) is 0 Å². The van der Waals surface area contributed by atoms with E-state index >= 15 is 0 Å². The Hall–Kier alpha value is -1.42. The van der Waals surface area contributed by atoms with E-state index in [1.807, 2.05) is 29.6 Å². The lowest BCUT2D eigenvalue weighted by atomic mass is 10.3. The van der Waals surface area contributed by atoms with Crippen molar-refractivity contribution in [1.29, 1.82) is 0 Å². The fourth-order valence-electron chi connectivity index (χ4n) is 1.23. The molecule has 4 heteroatoms. The highest BCUT2D eigenvalue weighted by Crippen LogP contribution is 2.03. The van der Waals surface area contributed by atoms with Crippen molar-refractivity contribution in [2.75, 3.05) is 7.05 Å². The molecule has 2 aromatic rings. The van der Waals surface area contributed by atoms with Gasteiger partial charge in [-0.1, -0.05) is 6.07 Å². The molecule has 0 radical (unpaired) electrons. The van der Waals surface area contributed by atoms with Crippen LogP contribution in [0.3, 0.4) is 0 Å². The third kappa shape index (κ3) is 1.06. The molecule has 62 valence electrons. The van der Waals surface area contributed by atoms with Crippen LogP contribution in [0, 0.1) is 0 Å². The minimum atomic E-state index is 0.829. The highest BCUT2D eigenvalue weighted by atomic mass is 15.2. The standard InChI is InChI=1S/C8H10N4/c1-9-5-7-3-2-4-8-11-10-6-12(7)8/h2-4,6,9H,5H2,1H3. The number of pyridine rings is 1. The third-order valence-electron chi connectivity index (χ3n) is 1.78. The largest absolute Gasteiger partial charge is 0.314 e. The fourth-order valence-corrected chi connectivity index (χ4v) is 1.23. The van der Waals surface area contributed by atoms with Gasteiger partial charge >= 0.3 is 0 Å². The van der Waals surface area contributed by atoms with Gasteiger partial charge in [0.25, 0.3) is 0 Å². The van der Waals surface area contributed by atoms with Crippen molar-refractivity contribution in [3.8, 4) is 0 Å². The predicted molar refractivity (Wildman–Crippen MR) is 45.8 cm³/mol. The first-order valence-corrected chi connectivity index (χ1v) is 3.84. The number of rotatable bonds is 2. The molecule has 0 atom stereocenters. The molecule has 4 nitrogen and oxygen atoms in total. The lowest BCUT2D eigenvalue weighted by Crippen LogP contribution is -2.08. The van der Waals surface area contributed by atoms with Crippen molar-refractivity contribution >= 4 is 5.65 Å². The predicted octanol–water partition coefficient (Wildman–Crippen LogP) is 0.449. The monoisotopic (exact) mass is 162 g/mol. The van der Waals surface area contributed by atoms with Crippen LogP contribution in [0.4, 0.5) is 0 Å². The molecule has 2 rings (SSSR count). The second kappa shape index (κ2) is 2.91. The maximum absolute atomic E-state index is 3.95. The molecule has 0 saturated heterocycles. The molecule has 0 spiro atoms. The first-order chi connectivity index (χ1) is 5.92. The van der Waals surface area contributed by atoms with Gasteiger partial charge in [-0.2, -0.15) is 0 Å².